The Labute approximate surface area is 162 Å². The summed E-state index contributed by atoms with van der Waals surface area (Å²) in [6.45, 7) is 4.13. The highest BCUT2D eigenvalue weighted by atomic mass is 32.1. The number of rotatable bonds is 5. The van der Waals surface area contributed by atoms with Gasteiger partial charge in [0.2, 0.25) is 0 Å². The summed E-state index contributed by atoms with van der Waals surface area (Å²) in [5.41, 5.74) is 1.59. The van der Waals surface area contributed by atoms with E-state index in [4.69, 9.17) is 0 Å². The highest BCUT2D eigenvalue weighted by molar-refractivity contribution is 7.09. The monoisotopic (exact) mass is 383 g/mol. The average Bonchev–Trinajstić information content (AvgIpc) is 3.22. The molecule has 4 nitrogen and oxygen atoms in total. The lowest BCUT2D eigenvalue weighted by atomic mass is 10.0. The standard InChI is InChI=1S/C21H22FN3OS/c22-18-7-3-6-17(21(26)19-8-1-2-9-23-19)20(18)25-12-10-24(11-13-25)15-16-5-4-14-27-16/h1-9,14,21,26H,10-13,15H2. The minimum Gasteiger partial charge on any atom is -0.382 e. The summed E-state index contributed by atoms with van der Waals surface area (Å²) in [4.78, 5) is 10.0. The molecule has 27 heavy (non-hydrogen) atoms. The SMILES string of the molecule is OC(c1ccccn1)c1cccc(F)c1N1CCN(Cc2cccs2)CC1. The third-order valence-corrected chi connectivity index (χ3v) is 5.79. The number of thiophene rings is 1. The number of para-hydroxylation sites is 1. The molecule has 140 valence electrons. The molecule has 1 unspecified atom stereocenters. The van der Waals surface area contributed by atoms with Crippen LogP contribution >= 0.6 is 11.3 Å². The van der Waals surface area contributed by atoms with E-state index >= 15 is 0 Å². The van der Waals surface area contributed by atoms with Gasteiger partial charge in [-0.15, -0.1) is 11.3 Å². The Bertz CT molecular complexity index is 864. The lowest BCUT2D eigenvalue weighted by Crippen LogP contribution is -2.46. The molecule has 0 radical (unpaired) electrons. The number of benzene rings is 1. The molecule has 4 rings (SSSR count). The topological polar surface area (TPSA) is 39.6 Å². The molecule has 1 aromatic carbocycles. The summed E-state index contributed by atoms with van der Waals surface area (Å²) < 4.78 is 14.7. The Morgan fingerprint density at radius 3 is 2.59 bits per heavy atom. The summed E-state index contributed by atoms with van der Waals surface area (Å²) >= 11 is 1.76. The van der Waals surface area contributed by atoms with E-state index in [1.165, 1.54) is 10.9 Å². The molecule has 2 aromatic heterocycles. The molecule has 1 aliphatic heterocycles. The van der Waals surface area contributed by atoms with Gasteiger partial charge in [-0.05, 0) is 29.6 Å². The van der Waals surface area contributed by atoms with Gasteiger partial charge in [0.15, 0.2) is 0 Å². The van der Waals surface area contributed by atoms with Crippen molar-refractivity contribution in [3.8, 4) is 0 Å². The first-order valence-electron chi connectivity index (χ1n) is 9.09. The van der Waals surface area contributed by atoms with Gasteiger partial charge < -0.3 is 10.0 Å². The van der Waals surface area contributed by atoms with E-state index in [1.54, 1.807) is 41.8 Å². The number of aliphatic hydroxyl groups excluding tert-OH is 1. The van der Waals surface area contributed by atoms with Crippen molar-refractivity contribution < 1.29 is 9.50 Å². The van der Waals surface area contributed by atoms with Crippen molar-refractivity contribution >= 4 is 17.0 Å². The van der Waals surface area contributed by atoms with Gasteiger partial charge in [-0.25, -0.2) is 4.39 Å². The zero-order chi connectivity index (χ0) is 18.6. The highest BCUT2D eigenvalue weighted by Crippen LogP contribution is 2.33. The summed E-state index contributed by atoms with van der Waals surface area (Å²) in [5.74, 6) is -0.297. The van der Waals surface area contributed by atoms with Crippen LogP contribution < -0.4 is 4.90 Å². The number of hydrogen-bond acceptors (Lipinski definition) is 5. The Hall–Kier alpha value is -2.28. The number of halogens is 1. The van der Waals surface area contributed by atoms with E-state index in [0.717, 1.165) is 32.7 Å². The molecule has 1 N–H and O–H groups in total. The van der Waals surface area contributed by atoms with Crippen LogP contribution in [0.15, 0.2) is 60.1 Å². The third kappa shape index (κ3) is 4.03. The zero-order valence-electron chi connectivity index (χ0n) is 15.0. The fourth-order valence-electron chi connectivity index (χ4n) is 3.54. The van der Waals surface area contributed by atoms with Crippen molar-refractivity contribution in [2.45, 2.75) is 12.6 Å². The van der Waals surface area contributed by atoms with Crippen LogP contribution in [0.1, 0.15) is 22.2 Å². The maximum absolute atomic E-state index is 14.7. The quantitative estimate of drug-likeness (QED) is 0.730. The highest BCUT2D eigenvalue weighted by Gasteiger charge is 2.25. The van der Waals surface area contributed by atoms with Crippen LogP contribution in [0.2, 0.25) is 0 Å². The van der Waals surface area contributed by atoms with Crippen molar-refractivity contribution in [1.29, 1.82) is 0 Å². The van der Waals surface area contributed by atoms with Crippen LogP contribution in [0, 0.1) is 5.82 Å². The molecule has 0 saturated carbocycles. The molecule has 1 saturated heterocycles. The molecular weight excluding hydrogens is 361 g/mol. The fraction of sp³-hybridized carbons (Fsp3) is 0.286. The Kier molecular flexibility index (Phi) is 5.48. The summed E-state index contributed by atoms with van der Waals surface area (Å²) in [7, 11) is 0. The molecule has 3 heterocycles. The van der Waals surface area contributed by atoms with Crippen molar-refractivity contribution in [2.75, 3.05) is 31.1 Å². The summed E-state index contributed by atoms with van der Waals surface area (Å²) in [6.07, 6.45) is 0.696. The number of hydrogen-bond donors (Lipinski definition) is 1. The van der Waals surface area contributed by atoms with Gasteiger partial charge in [0.25, 0.3) is 0 Å². The second-order valence-electron chi connectivity index (χ2n) is 6.68. The molecule has 0 bridgehead atoms. The predicted octanol–water partition coefficient (Wildman–Crippen LogP) is 3.69. The fourth-order valence-corrected chi connectivity index (χ4v) is 4.28. The van der Waals surface area contributed by atoms with E-state index in [0.29, 0.717) is 16.9 Å². The Morgan fingerprint density at radius 2 is 1.89 bits per heavy atom. The zero-order valence-corrected chi connectivity index (χ0v) is 15.8. The predicted molar refractivity (Wildman–Crippen MR) is 107 cm³/mol. The van der Waals surface area contributed by atoms with Crippen LogP contribution in [0.3, 0.4) is 0 Å². The van der Waals surface area contributed by atoms with E-state index in [2.05, 4.69) is 27.4 Å². The van der Waals surface area contributed by atoms with Crippen molar-refractivity contribution in [3.05, 3.63) is 82.1 Å². The number of pyridine rings is 1. The second kappa shape index (κ2) is 8.17. The minimum absolute atomic E-state index is 0.297. The molecule has 0 aliphatic carbocycles. The number of aliphatic hydroxyl groups is 1. The maximum atomic E-state index is 14.7. The lowest BCUT2D eigenvalue weighted by Gasteiger charge is -2.37. The smallest absolute Gasteiger partial charge is 0.146 e. The maximum Gasteiger partial charge on any atom is 0.146 e. The van der Waals surface area contributed by atoms with Gasteiger partial charge in [-0.1, -0.05) is 24.3 Å². The van der Waals surface area contributed by atoms with Crippen molar-refractivity contribution in [3.63, 3.8) is 0 Å². The molecule has 1 aliphatic rings. The van der Waals surface area contributed by atoms with Gasteiger partial charge >= 0.3 is 0 Å². The molecular formula is C21H22FN3OS. The van der Waals surface area contributed by atoms with Gasteiger partial charge in [-0.3, -0.25) is 9.88 Å². The number of piperazine rings is 1. The molecule has 0 amide bonds. The van der Waals surface area contributed by atoms with Crippen molar-refractivity contribution in [2.24, 2.45) is 0 Å². The molecule has 3 aromatic rings. The Morgan fingerprint density at radius 1 is 1.04 bits per heavy atom. The van der Waals surface area contributed by atoms with E-state index in [9.17, 15) is 9.50 Å². The van der Waals surface area contributed by atoms with Gasteiger partial charge in [0.05, 0.1) is 11.4 Å². The van der Waals surface area contributed by atoms with Crippen molar-refractivity contribution in [1.82, 2.24) is 9.88 Å². The van der Waals surface area contributed by atoms with Crippen LogP contribution in [0.4, 0.5) is 10.1 Å². The molecule has 6 heteroatoms. The second-order valence-corrected chi connectivity index (χ2v) is 7.71. The normalized spacial score (nSPS) is 16.4. The molecule has 1 atom stereocenters. The van der Waals surface area contributed by atoms with Crippen LogP contribution in [-0.2, 0) is 6.54 Å². The number of aromatic nitrogens is 1. The minimum atomic E-state index is -0.943. The van der Waals surface area contributed by atoms with Gasteiger partial charge in [-0.2, -0.15) is 0 Å². The first kappa shape index (κ1) is 18.1. The average molecular weight is 383 g/mol. The third-order valence-electron chi connectivity index (χ3n) is 4.93. The Balaban J connectivity index is 1.52. The first-order valence-corrected chi connectivity index (χ1v) is 9.97. The number of nitrogens with zero attached hydrogens (tertiary/aromatic N) is 3. The van der Waals surface area contributed by atoms with Crippen LogP contribution in [0.25, 0.3) is 0 Å². The molecule has 1 fully saturated rings. The molecule has 0 spiro atoms. The van der Waals surface area contributed by atoms with E-state index in [1.807, 2.05) is 11.0 Å². The lowest BCUT2D eigenvalue weighted by molar-refractivity contribution is 0.213. The largest absolute Gasteiger partial charge is 0.382 e. The number of anilines is 1. The van der Waals surface area contributed by atoms with E-state index in [-0.39, 0.29) is 5.82 Å². The van der Waals surface area contributed by atoms with Crippen LogP contribution in [0.5, 0.6) is 0 Å². The summed E-state index contributed by atoms with van der Waals surface area (Å²) in [6, 6.07) is 14.5. The van der Waals surface area contributed by atoms with E-state index < -0.39 is 6.10 Å². The first-order chi connectivity index (χ1) is 13.2. The van der Waals surface area contributed by atoms with Gasteiger partial charge in [0, 0.05) is 49.4 Å². The van der Waals surface area contributed by atoms with Crippen LogP contribution in [-0.4, -0.2) is 41.2 Å². The van der Waals surface area contributed by atoms with Gasteiger partial charge in [0.1, 0.15) is 11.9 Å². The summed E-state index contributed by atoms with van der Waals surface area (Å²) in [5, 5.41) is 12.9.